The van der Waals surface area contributed by atoms with E-state index in [0.717, 1.165) is 5.56 Å². The zero-order valence-corrected chi connectivity index (χ0v) is 21.8. The number of hydrogen-bond donors (Lipinski definition) is 0. The van der Waals surface area contributed by atoms with E-state index in [0.29, 0.717) is 22.6 Å². The molecular weight excluding hydrogens is 516 g/mol. The van der Waals surface area contributed by atoms with Crippen molar-refractivity contribution in [2.75, 3.05) is 20.8 Å². The van der Waals surface area contributed by atoms with Gasteiger partial charge < -0.3 is 23.7 Å². The second kappa shape index (κ2) is 14.1. The lowest BCUT2D eigenvalue weighted by atomic mass is 9.93. The van der Waals surface area contributed by atoms with Gasteiger partial charge in [-0.2, -0.15) is 13.2 Å². The van der Waals surface area contributed by atoms with Gasteiger partial charge in [0.1, 0.15) is 23.7 Å². The van der Waals surface area contributed by atoms with Gasteiger partial charge in [-0.05, 0) is 47.0 Å². The van der Waals surface area contributed by atoms with Gasteiger partial charge in [-0.15, -0.1) is 0 Å². The molecule has 0 saturated heterocycles. The first-order chi connectivity index (χ1) is 18.7. The van der Waals surface area contributed by atoms with Crippen LogP contribution >= 0.6 is 0 Å². The molecule has 3 aromatic rings. The Balaban J connectivity index is 1.86. The van der Waals surface area contributed by atoms with Crippen LogP contribution < -0.4 is 9.47 Å². The van der Waals surface area contributed by atoms with Gasteiger partial charge in [0, 0.05) is 0 Å². The molecule has 5 nitrogen and oxygen atoms in total. The average molecular weight is 549 g/mol. The summed E-state index contributed by atoms with van der Waals surface area (Å²) in [6.07, 6.45) is -8.65. The Labute approximate surface area is 225 Å². The first-order valence-corrected chi connectivity index (χ1v) is 12.2. The summed E-state index contributed by atoms with van der Waals surface area (Å²) in [6, 6.07) is 22.3. The van der Waals surface area contributed by atoms with Gasteiger partial charge in [0.25, 0.3) is 5.67 Å². The van der Waals surface area contributed by atoms with Gasteiger partial charge >= 0.3 is 6.18 Å². The second-order valence-corrected chi connectivity index (χ2v) is 8.75. The Morgan fingerprint density at radius 2 is 1.18 bits per heavy atom. The lowest BCUT2D eigenvalue weighted by Crippen LogP contribution is -2.57. The lowest BCUT2D eigenvalue weighted by Gasteiger charge is -2.37. The Kier molecular flexibility index (Phi) is 10.9. The first-order valence-electron chi connectivity index (χ1n) is 12.2. The summed E-state index contributed by atoms with van der Waals surface area (Å²) in [5, 5.41) is 0. The van der Waals surface area contributed by atoms with Gasteiger partial charge in [0.05, 0.1) is 40.6 Å². The average Bonchev–Trinajstić information content (AvgIpc) is 2.95. The Morgan fingerprint density at radius 1 is 0.692 bits per heavy atom. The number of halogens is 4. The van der Waals surface area contributed by atoms with Crippen LogP contribution in [-0.4, -0.2) is 44.9 Å². The molecule has 0 amide bonds. The fourth-order valence-electron chi connectivity index (χ4n) is 3.82. The number of alkyl halides is 4. The number of benzene rings is 3. The van der Waals surface area contributed by atoms with E-state index in [2.05, 4.69) is 6.58 Å². The van der Waals surface area contributed by atoms with Crippen molar-refractivity contribution in [2.45, 2.75) is 43.9 Å². The molecule has 39 heavy (non-hydrogen) atoms. The van der Waals surface area contributed by atoms with Gasteiger partial charge in [0.15, 0.2) is 0 Å². The summed E-state index contributed by atoms with van der Waals surface area (Å²) in [7, 11) is 3.05. The molecule has 0 fully saturated rings. The summed E-state index contributed by atoms with van der Waals surface area (Å²) in [6.45, 7) is 2.43. The normalized spacial score (nSPS) is 14.7. The van der Waals surface area contributed by atoms with Crippen molar-refractivity contribution in [2.24, 2.45) is 0 Å². The number of hydrogen-bond acceptors (Lipinski definition) is 5. The Hall–Kier alpha value is -3.40. The van der Waals surface area contributed by atoms with Crippen LogP contribution in [0.3, 0.4) is 0 Å². The molecule has 0 N–H and O–H groups in total. The molecule has 0 aliphatic carbocycles. The molecule has 210 valence electrons. The van der Waals surface area contributed by atoms with Crippen molar-refractivity contribution < 1.29 is 41.2 Å². The zero-order chi connectivity index (χ0) is 28.3. The molecule has 3 atom stereocenters. The van der Waals surface area contributed by atoms with E-state index in [1.54, 1.807) is 78.9 Å². The predicted octanol–water partition coefficient (Wildman–Crippen LogP) is 6.85. The standard InChI is InChI=1S/C30H32F4O5/c1-4-29(31,30(32,33)34)28(39-20-22-8-6-5-7-9-22)27(38-19-24-12-16-26(36-3)17-13-24)21-37-18-23-10-14-25(35-2)15-11-23/h4-17,27-28H,1,18-21H2,2-3H3/t27-,28-,29+/m1/s1. The fourth-order valence-corrected chi connectivity index (χ4v) is 3.82. The molecule has 0 heterocycles. The molecule has 3 rings (SSSR count). The van der Waals surface area contributed by atoms with Gasteiger partial charge in [-0.25, -0.2) is 4.39 Å². The van der Waals surface area contributed by atoms with Crippen LogP contribution in [0.15, 0.2) is 91.5 Å². The van der Waals surface area contributed by atoms with Crippen LogP contribution in [0.2, 0.25) is 0 Å². The molecule has 0 aromatic heterocycles. The van der Waals surface area contributed by atoms with E-state index >= 15 is 4.39 Å². The van der Waals surface area contributed by atoms with Crippen LogP contribution in [0.25, 0.3) is 0 Å². The highest BCUT2D eigenvalue weighted by Gasteiger charge is 2.62. The topological polar surface area (TPSA) is 46.2 Å². The predicted molar refractivity (Wildman–Crippen MR) is 139 cm³/mol. The fraction of sp³-hybridized carbons (Fsp3) is 0.333. The van der Waals surface area contributed by atoms with Crippen molar-refractivity contribution in [3.05, 3.63) is 108 Å². The quantitative estimate of drug-likeness (QED) is 0.154. The number of ether oxygens (including phenoxy) is 5. The highest BCUT2D eigenvalue weighted by molar-refractivity contribution is 5.27. The third kappa shape index (κ3) is 8.29. The highest BCUT2D eigenvalue weighted by atomic mass is 19.4. The van der Waals surface area contributed by atoms with Gasteiger partial charge in [-0.1, -0.05) is 61.2 Å². The van der Waals surface area contributed by atoms with Gasteiger partial charge in [0.2, 0.25) is 0 Å². The lowest BCUT2D eigenvalue weighted by molar-refractivity contribution is -0.270. The van der Waals surface area contributed by atoms with E-state index in [1.807, 2.05) is 0 Å². The van der Waals surface area contributed by atoms with E-state index in [4.69, 9.17) is 23.7 Å². The van der Waals surface area contributed by atoms with Crippen molar-refractivity contribution in [3.8, 4) is 11.5 Å². The summed E-state index contributed by atoms with van der Waals surface area (Å²) in [5.74, 6) is 1.25. The maximum Gasteiger partial charge on any atom is 0.428 e. The Morgan fingerprint density at radius 3 is 1.67 bits per heavy atom. The summed E-state index contributed by atoms with van der Waals surface area (Å²) < 4.78 is 85.6. The largest absolute Gasteiger partial charge is 0.497 e. The number of rotatable bonds is 15. The van der Waals surface area contributed by atoms with Crippen LogP contribution in [0, 0.1) is 0 Å². The van der Waals surface area contributed by atoms with Crippen molar-refractivity contribution in [1.29, 1.82) is 0 Å². The van der Waals surface area contributed by atoms with Crippen LogP contribution in [-0.2, 0) is 34.0 Å². The molecule has 0 saturated carbocycles. The zero-order valence-electron chi connectivity index (χ0n) is 21.8. The summed E-state index contributed by atoms with van der Waals surface area (Å²) >= 11 is 0. The molecule has 0 aliphatic rings. The Bertz CT molecular complexity index is 1140. The highest BCUT2D eigenvalue weighted by Crippen LogP contribution is 2.41. The molecule has 0 radical (unpaired) electrons. The van der Waals surface area contributed by atoms with Crippen LogP contribution in [0.1, 0.15) is 16.7 Å². The first kappa shape index (κ1) is 30.1. The van der Waals surface area contributed by atoms with Crippen molar-refractivity contribution in [3.63, 3.8) is 0 Å². The molecule has 9 heteroatoms. The van der Waals surface area contributed by atoms with Crippen molar-refractivity contribution in [1.82, 2.24) is 0 Å². The molecule has 0 aliphatic heterocycles. The molecular formula is C30H32F4O5. The van der Waals surface area contributed by atoms with Crippen LogP contribution in [0.5, 0.6) is 11.5 Å². The second-order valence-electron chi connectivity index (χ2n) is 8.75. The monoisotopic (exact) mass is 548 g/mol. The van der Waals surface area contributed by atoms with Gasteiger partial charge in [-0.3, -0.25) is 0 Å². The maximum absolute atomic E-state index is 15.8. The smallest absolute Gasteiger partial charge is 0.428 e. The third-order valence-corrected chi connectivity index (χ3v) is 6.09. The molecule has 3 aromatic carbocycles. The van der Waals surface area contributed by atoms with E-state index < -0.39 is 24.1 Å². The van der Waals surface area contributed by atoms with E-state index in [-0.39, 0.29) is 32.5 Å². The molecule has 0 unspecified atom stereocenters. The SMILES string of the molecule is C=C[C@](F)([C@H](OCc1ccccc1)[C@@H](COCc1ccc(OC)cc1)OCc1ccc(OC)cc1)C(F)(F)F. The molecule has 0 bridgehead atoms. The van der Waals surface area contributed by atoms with E-state index in [1.165, 1.54) is 14.2 Å². The molecule has 0 spiro atoms. The summed E-state index contributed by atoms with van der Waals surface area (Å²) in [4.78, 5) is 0. The van der Waals surface area contributed by atoms with Crippen molar-refractivity contribution >= 4 is 0 Å². The third-order valence-electron chi connectivity index (χ3n) is 6.09. The number of methoxy groups -OCH3 is 2. The van der Waals surface area contributed by atoms with Crippen LogP contribution in [0.4, 0.5) is 17.6 Å². The van der Waals surface area contributed by atoms with E-state index in [9.17, 15) is 13.2 Å². The maximum atomic E-state index is 15.8. The minimum absolute atomic E-state index is 0.0528. The summed E-state index contributed by atoms with van der Waals surface area (Å²) in [5.41, 5.74) is -1.94. The minimum atomic E-state index is -5.31. The minimum Gasteiger partial charge on any atom is -0.497 e.